The Hall–Kier alpha value is 0.566. The van der Waals surface area contributed by atoms with Gasteiger partial charge in [-0.1, -0.05) is 0 Å². The van der Waals surface area contributed by atoms with Crippen molar-refractivity contribution in [2.75, 3.05) is 0 Å². The molecule has 0 unspecified atom stereocenters. The van der Waals surface area contributed by atoms with E-state index in [2.05, 4.69) is 0 Å². The number of hydrogen-bond donors (Lipinski definition) is 4. The average Bonchev–Trinajstić information content (AvgIpc) is 1.25. The van der Waals surface area contributed by atoms with Crippen molar-refractivity contribution in [1.82, 2.24) is 0 Å². The molecular formula is C2H4CaMgO6. The molecule has 0 aliphatic rings. The monoisotopic (exact) mass is 188 g/mol. The minimum Gasteiger partial charge on any atom is -0.450 e. The SMILES string of the molecule is O=C(O)O.O=C(O)O.[Ca].[Mg]. The second kappa shape index (κ2) is 16.3. The van der Waals surface area contributed by atoms with Gasteiger partial charge in [-0.25, -0.2) is 9.59 Å². The van der Waals surface area contributed by atoms with Gasteiger partial charge in [-0.2, -0.15) is 0 Å². The van der Waals surface area contributed by atoms with E-state index in [1.54, 1.807) is 0 Å². The zero-order valence-corrected chi connectivity index (χ0v) is 8.64. The molecule has 10 heavy (non-hydrogen) atoms. The third-order valence-corrected chi connectivity index (χ3v) is 0. The van der Waals surface area contributed by atoms with E-state index in [0.717, 1.165) is 0 Å². The van der Waals surface area contributed by atoms with Gasteiger partial charge in [0.1, 0.15) is 0 Å². The summed E-state index contributed by atoms with van der Waals surface area (Å²) in [7, 11) is 0. The molecule has 0 bridgehead atoms. The maximum Gasteiger partial charge on any atom is 0.503 e. The minimum absolute atomic E-state index is 0. The van der Waals surface area contributed by atoms with Crippen LogP contribution in [0.2, 0.25) is 0 Å². The van der Waals surface area contributed by atoms with E-state index in [1.807, 2.05) is 0 Å². The third kappa shape index (κ3) is 1530. The van der Waals surface area contributed by atoms with Gasteiger partial charge < -0.3 is 20.4 Å². The summed E-state index contributed by atoms with van der Waals surface area (Å²) in [6.07, 6.45) is -3.67. The van der Waals surface area contributed by atoms with Crippen LogP contribution in [0.15, 0.2) is 0 Å². The summed E-state index contributed by atoms with van der Waals surface area (Å²) in [5, 5.41) is 27.9. The van der Waals surface area contributed by atoms with Crippen molar-refractivity contribution >= 4 is 73.1 Å². The zero-order valence-electron chi connectivity index (χ0n) is 5.02. The van der Waals surface area contributed by atoms with Gasteiger partial charge >= 0.3 is 12.3 Å². The van der Waals surface area contributed by atoms with Crippen LogP contribution in [0, 0.1) is 0 Å². The van der Waals surface area contributed by atoms with Crippen LogP contribution in [-0.4, -0.2) is 93.5 Å². The van der Waals surface area contributed by atoms with Gasteiger partial charge in [0.15, 0.2) is 0 Å². The van der Waals surface area contributed by atoms with E-state index in [4.69, 9.17) is 30.0 Å². The number of rotatable bonds is 0. The van der Waals surface area contributed by atoms with Crippen molar-refractivity contribution in [2.45, 2.75) is 0 Å². The Kier molecular flexibility index (Phi) is 36.5. The Labute approximate surface area is 102 Å². The maximum atomic E-state index is 8.56. The molecule has 0 rings (SSSR count). The molecule has 0 saturated heterocycles. The van der Waals surface area contributed by atoms with Crippen molar-refractivity contribution in [2.24, 2.45) is 0 Å². The van der Waals surface area contributed by atoms with Gasteiger partial charge in [0.2, 0.25) is 0 Å². The first kappa shape index (κ1) is 22.4. The van der Waals surface area contributed by atoms with Crippen LogP contribution in [-0.2, 0) is 0 Å². The summed E-state index contributed by atoms with van der Waals surface area (Å²) >= 11 is 0. The van der Waals surface area contributed by atoms with Crippen LogP contribution in [0.1, 0.15) is 0 Å². The summed E-state index contributed by atoms with van der Waals surface area (Å²) < 4.78 is 0. The van der Waals surface area contributed by atoms with E-state index >= 15 is 0 Å². The fourth-order valence-electron chi connectivity index (χ4n) is 0. The van der Waals surface area contributed by atoms with Gasteiger partial charge in [0.05, 0.1) is 0 Å². The van der Waals surface area contributed by atoms with Crippen LogP contribution >= 0.6 is 0 Å². The minimum atomic E-state index is -1.83. The fourth-order valence-corrected chi connectivity index (χ4v) is 0. The van der Waals surface area contributed by atoms with Crippen molar-refractivity contribution in [1.29, 1.82) is 0 Å². The van der Waals surface area contributed by atoms with Crippen LogP contribution in [0.25, 0.3) is 0 Å². The van der Waals surface area contributed by atoms with Gasteiger partial charge in [-0.15, -0.1) is 0 Å². The standard InChI is InChI=1S/2CH2O3.Ca.Mg/c2*2-1(3)4;;/h2*(H2,2,3,4);;. The molecule has 0 aromatic rings. The summed E-state index contributed by atoms with van der Waals surface area (Å²) in [6, 6.07) is 0. The van der Waals surface area contributed by atoms with Crippen LogP contribution in [0.5, 0.6) is 0 Å². The molecule has 0 saturated carbocycles. The molecule has 0 spiro atoms. The first-order valence-corrected chi connectivity index (χ1v) is 1.30. The molecule has 0 fully saturated rings. The molecule has 0 aliphatic heterocycles. The number of hydrogen-bond acceptors (Lipinski definition) is 2. The largest absolute Gasteiger partial charge is 0.503 e. The molecule has 0 heterocycles. The molecule has 6 nitrogen and oxygen atoms in total. The van der Waals surface area contributed by atoms with Crippen molar-refractivity contribution in [3.63, 3.8) is 0 Å². The predicted octanol–water partition coefficient (Wildman–Crippen LogP) is -0.317. The summed E-state index contributed by atoms with van der Waals surface area (Å²) in [5.41, 5.74) is 0. The summed E-state index contributed by atoms with van der Waals surface area (Å²) in [6.45, 7) is 0. The van der Waals surface area contributed by atoms with Crippen LogP contribution in [0.4, 0.5) is 9.59 Å². The van der Waals surface area contributed by atoms with E-state index < -0.39 is 12.3 Å². The van der Waals surface area contributed by atoms with Gasteiger partial charge in [-0.05, 0) is 0 Å². The van der Waals surface area contributed by atoms with Crippen molar-refractivity contribution < 1.29 is 30.0 Å². The first-order valence-electron chi connectivity index (χ1n) is 1.30. The second-order valence-corrected chi connectivity index (χ2v) is 0.565. The normalized spacial score (nSPS) is 4.80. The van der Waals surface area contributed by atoms with Crippen LogP contribution < -0.4 is 0 Å². The fraction of sp³-hybridized carbons (Fsp3) is 0. The molecular weight excluding hydrogens is 184 g/mol. The van der Waals surface area contributed by atoms with Crippen LogP contribution in [0.3, 0.4) is 0 Å². The Morgan fingerprint density at radius 3 is 0.800 bits per heavy atom. The third-order valence-electron chi connectivity index (χ3n) is 0. The summed E-state index contributed by atoms with van der Waals surface area (Å²) in [4.78, 5) is 17.1. The average molecular weight is 188 g/mol. The second-order valence-electron chi connectivity index (χ2n) is 0.565. The first-order chi connectivity index (χ1) is 3.46. The molecule has 8 heteroatoms. The molecule has 4 radical (unpaired) electrons. The topological polar surface area (TPSA) is 115 Å². The Balaban J connectivity index is -0.0000000300. The molecule has 0 amide bonds. The van der Waals surface area contributed by atoms with Crippen molar-refractivity contribution in [3.05, 3.63) is 0 Å². The van der Waals surface area contributed by atoms with E-state index in [1.165, 1.54) is 0 Å². The molecule has 0 atom stereocenters. The quantitative estimate of drug-likeness (QED) is 0.387. The zero-order chi connectivity index (χ0) is 7.15. The molecule has 0 aliphatic carbocycles. The summed E-state index contributed by atoms with van der Waals surface area (Å²) in [5.74, 6) is 0. The molecule has 52 valence electrons. The Bertz CT molecular complexity index is 73.7. The van der Waals surface area contributed by atoms with E-state index in [-0.39, 0.29) is 60.8 Å². The number of carbonyl (C=O) groups is 2. The Morgan fingerprint density at radius 1 is 0.800 bits per heavy atom. The number of carboxylic acid groups (broad SMARTS) is 4. The van der Waals surface area contributed by atoms with Gasteiger partial charge in [0.25, 0.3) is 0 Å². The van der Waals surface area contributed by atoms with Gasteiger partial charge in [-0.3, -0.25) is 0 Å². The van der Waals surface area contributed by atoms with E-state index in [0.29, 0.717) is 0 Å². The molecule has 4 N–H and O–H groups in total. The smallest absolute Gasteiger partial charge is 0.450 e. The van der Waals surface area contributed by atoms with E-state index in [9.17, 15) is 0 Å². The maximum absolute atomic E-state index is 8.56. The molecule has 0 aromatic carbocycles. The van der Waals surface area contributed by atoms with Crippen molar-refractivity contribution in [3.8, 4) is 0 Å². The Morgan fingerprint density at radius 2 is 0.800 bits per heavy atom. The van der Waals surface area contributed by atoms with Gasteiger partial charge in [0, 0.05) is 60.8 Å². The molecule has 0 aromatic heterocycles. The predicted molar refractivity (Wildman–Crippen MR) is 32.8 cm³/mol.